The van der Waals surface area contributed by atoms with E-state index in [1.807, 2.05) is 38.1 Å². The van der Waals surface area contributed by atoms with Crippen LogP contribution in [0, 0.1) is 0 Å². The van der Waals surface area contributed by atoms with Crippen LogP contribution in [0.15, 0.2) is 59.7 Å². The van der Waals surface area contributed by atoms with Crippen LogP contribution in [0.1, 0.15) is 51.3 Å². The molecule has 0 bridgehead atoms. The smallest absolute Gasteiger partial charge is 0.256 e. The molecule has 3 heterocycles. The van der Waals surface area contributed by atoms with Crippen LogP contribution in [-0.2, 0) is 6.54 Å². The SMILES string of the molecule is CC(C)Oc1ccc2c(c1)C(c1ccnc(NC(=O)c3ccc4c(c3)C(=O)NC4)c1)=N2. The van der Waals surface area contributed by atoms with E-state index in [0.717, 1.165) is 33.8 Å². The third-order valence-electron chi connectivity index (χ3n) is 5.16. The lowest BCUT2D eigenvalue weighted by molar-refractivity contribution is 0.0965. The molecule has 2 amide bonds. The maximum absolute atomic E-state index is 12.7. The summed E-state index contributed by atoms with van der Waals surface area (Å²) >= 11 is 0. The molecule has 0 spiro atoms. The van der Waals surface area contributed by atoms with Crippen LogP contribution in [-0.4, -0.2) is 28.6 Å². The molecule has 0 saturated carbocycles. The van der Waals surface area contributed by atoms with E-state index in [1.165, 1.54) is 0 Å². The summed E-state index contributed by atoms with van der Waals surface area (Å²) in [5.41, 5.74) is 5.43. The summed E-state index contributed by atoms with van der Waals surface area (Å²) in [6.45, 7) is 4.46. The second kappa shape index (κ2) is 7.36. The van der Waals surface area contributed by atoms with Crippen molar-refractivity contribution in [2.75, 3.05) is 5.32 Å². The quantitative estimate of drug-likeness (QED) is 0.521. The van der Waals surface area contributed by atoms with Gasteiger partial charge in [0.1, 0.15) is 11.6 Å². The summed E-state index contributed by atoms with van der Waals surface area (Å²) in [4.78, 5) is 33.4. The molecule has 31 heavy (non-hydrogen) atoms. The Morgan fingerprint density at radius 2 is 1.97 bits per heavy atom. The zero-order chi connectivity index (χ0) is 21.5. The largest absolute Gasteiger partial charge is 0.491 e. The number of hydrogen-bond acceptors (Lipinski definition) is 5. The molecule has 2 aromatic carbocycles. The van der Waals surface area contributed by atoms with Crippen LogP contribution in [0.4, 0.5) is 11.5 Å². The molecule has 2 aliphatic rings. The number of benzene rings is 2. The van der Waals surface area contributed by atoms with Gasteiger partial charge < -0.3 is 15.4 Å². The van der Waals surface area contributed by atoms with Crippen molar-refractivity contribution in [2.45, 2.75) is 26.5 Å². The van der Waals surface area contributed by atoms with Gasteiger partial charge in [-0.15, -0.1) is 0 Å². The highest BCUT2D eigenvalue weighted by molar-refractivity contribution is 6.22. The Labute approximate surface area is 179 Å². The van der Waals surface area contributed by atoms with Crippen LogP contribution in [0.25, 0.3) is 0 Å². The van der Waals surface area contributed by atoms with Gasteiger partial charge in [-0.25, -0.2) is 9.98 Å². The Morgan fingerprint density at radius 1 is 1.10 bits per heavy atom. The van der Waals surface area contributed by atoms with Gasteiger partial charge in [-0.2, -0.15) is 0 Å². The number of rotatable bonds is 5. The van der Waals surface area contributed by atoms with Gasteiger partial charge in [0.05, 0.1) is 17.5 Å². The molecule has 7 nitrogen and oxygen atoms in total. The Bertz CT molecular complexity index is 1260. The third-order valence-corrected chi connectivity index (χ3v) is 5.16. The topological polar surface area (TPSA) is 92.7 Å². The number of carbonyl (C=O) groups excluding carboxylic acids is 2. The molecule has 154 valence electrons. The van der Waals surface area contributed by atoms with Gasteiger partial charge in [-0.1, -0.05) is 6.07 Å². The summed E-state index contributed by atoms with van der Waals surface area (Å²) in [5.74, 6) is 0.727. The molecule has 5 rings (SSSR count). The number of hydrogen-bond donors (Lipinski definition) is 2. The van der Waals surface area contributed by atoms with Crippen molar-refractivity contribution in [3.63, 3.8) is 0 Å². The van der Waals surface area contributed by atoms with Crippen molar-refractivity contribution in [3.05, 3.63) is 82.5 Å². The first kappa shape index (κ1) is 19.0. The minimum Gasteiger partial charge on any atom is -0.491 e. The number of aromatic nitrogens is 1. The van der Waals surface area contributed by atoms with Crippen molar-refractivity contribution in [3.8, 4) is 5.75 Å². The molecular weight excluding hydrogens is 392 g/mol. The summed E-state index contributed by atoms with van der Waals surface area (Å²) in [6, 6.07) is 14.6. The lowest BCUT2D eigenvalue weighted by atomic mass is 9.96. The Balaban J connectivity index is 1.35. The number of aliphatic imine (C=N–C) groups is 1. The van der Waals surface area contributed by atoms with E-state index in [4.69, 9.17) is 4.74 Å². The Hall–Kier alpha value is -4.00. The van der Waals surface area contributed by atoms with E-state index in [9.17, 15) is 9.59 Å². The maximum Gasteiger partial charge on any atom is 0.256 e. The summed E-state index contributed by atoms with van der Waals surface area (Å²) in [6.07, 6.45) is 1.72. The van der Waals surface area contributed by atoms with Crippen molar-refractivity contribution in [1.82, 2.24) is 10.3 Å². The molecule has 3 aromatic rings. The van der Waals surface area contributed by atoms with Gasteiger partial charge in [0.2, 0.25) is 0 Å². The fraction of sp³-hybridized carbons (Fsp3) is 0.167. The highest BCUT2D eigenvalue weighted by Crippen LogP contribution is 2.36. The number of nitrogens with one attached hydrogen (secondary N) is 2. The average Bonchev–Trinajstić information content (AvgIpc) is 3.10. The van der Waals surface area contributed by atoms with Gasteiger partial charge in [-0.05, 0) is 61.9 Å². The van der Waals surface area contributed by atoms with Crippen LogP contribution < -0.4 is 15.4 Å². The van der Waals surface area contributed by atoms with Crippen molar-refractivity contribution in [2.24, 2.45) is 4.99 Å². The van der Waals surface area contributed by atoms with Crippen LogP contribution in [0.5, 0.6) is 5.75 Å². The minimum atomic E-state index is -0.323. The minimum absolute atomic E-state index is 0.0894. The van der Waals surface area contributed by atoms with Crippen LogP contribution in [0.2, 0.25) is 0 Å². The number of carbonyl (C=O) groups is 2. The zero-order valence-corrected chi connectivity index (χ0v) is 17.1. The fourth-order valence-electron chi connectivity index (χ4n) is 3.68. The van der Waals surface area contributed by atoms with Gasteiger partial charge in [0, 0.05) is 35.0 Å². The predicted octanol–water partition coefficient (Wildman–Crippen LogP) is 3.85. The highest BCUT2D eigenvalue weighted by atomic mass is 16.5. The van der Waals surface area contributed by atoms with E-state index in [1.54, 1.807) is 30.5 Å². The Kier molecular flexibility index (Phi) is 4.51. The van der Waals surface area contributed by atoms with E-state index in [0.29, 0.717) is 23.5 Å². The van der Waals surface area contributed by atoms with E-state index in [2.05, 4.69) is 20.6 Å². The number of fused-ring (bicyclic) bond motifs is 2. The molecule has 1 aromatic heterocycles. The molecule has 2 aliphatic heterocycles. The highest BCUT2D eigenvalue weighted by Gasteiger charge is 2.23. The van der Waals surface area contributed by atoms with Gasteiger partial charge in [0.25, 0.3) is 11.8 Å². The van der Waals surface area contributed by atoms with E-state index in [-0.39, 0.29) is 17.9 Å². The second-order valence-corrected chi connectivity index (χ2v) is 7.74. The van der Waals surface area contributed by atoms with Crippen molar-refractivity contribution >= 4 is 29.0 Å². The molecule has 0 unspecified atom stereocenters. The van der Waals surface area contributed by atoms with Crippen molar-refractivity contribution < 1.29 is 14.3 Å². The average molecular weight is 412 g/mol. The monoisotopic (exact) mass is 412 g/mol. The first-order valence-corrected chi connectivity index (χ1v) is 10.1. The van der Waals surface area contributed by atoms with Crippen molar-refractivity contribution in [1.29, 1.82) is 0 Å². The number of nitrogens with zero attached hydrogens (tertiary/aromatic N) is 2. The maximum atomic E-state index is 12.7. The van der Waals surface area contributed by atoms with Gasteiger partial charge in [-0.3, -0.25) is 9.59 Å². The molecule has 0 fully saturated rings. The van der Waals surface area contributed by atoms with Crippen LogP contribution >= 0.6 is 0 Å². The van der Waals surface area contributed by atoms with E-state index >= 15 is 0 Å². The van der Waals surface area contributed by atoms with Gasteiger partial charge in [0.15, 0.2) is 0 Å². The molecule has 0 saturated heterocycles. The number of amides is 2. The normalized spacial score (nSPS) is 13.6. The zero-order valence-electron chi connectivity index (χ0n) is 17.1. The number of ether oxygens (including phenoxy) is 1. The number of anilines is 1. The van der Waals surface area contributed by atoms with Crippen LogP contribution in [0.3, 0.4) is 0 Å². The summed E-state index contributed by atoms with van der Waals surface area (Å²) in [5, 5.41) is 5.56. The standard InChI is InChI=1S/C24H20N4O3/c1-13(2)31-17-5-6-20-19(11-17)22(27-20)14-7-8-25-21(10-14)28-23(29)15-3-4-16-12-26-24(30)18(16)9-15/h3-11,13H,12H2,1-2H3,(H,26,30)(H,25,28,29). The molecule has 0 radical (unpaired) electrons. The third kappa shape index (κ3) is 3.54. The first-order chi connectivity index (χ1) is 15.0. The van der Waals surface area contributed by atoms with Gasteiger partial charge >= 0.3 is 0 Å². The summed E-state index contributed by atoms with van der Waals surface area (Å²) in [7, 11) is 0. The first-order valence-electron chi connectivity index (χ1n) is 10.1. The predicted molar refractivity (Wildman–Crippen MR) is 117 cm³/mol. The summed E-state index contributed by atoms with van der Waals surface area (Å²) < 4.78 is 5.78. The Morgan fingerprint density at radius 3 is 2.81 bits per heavy atom. The van der Waals surface area contributed by atoms with E-state index < -0.39 is 0 Å². The lowest BCUT2D eigenvalue weighted by Crippen LogP contribution is -2.16. The molecular formula is C24H20N4O3. The molecule has 7 heteroatoms. The lowest BCUT2D eigenvalue weighted by Gasteiger charge is -2.21. The molecule has 0 atom stereocenters. The second-order valence-electron chi connectivity index (χ2n) is 7.74. The fourth-order valence-corrected chi connectivity index (χ4v) is 3.68. The molecule has 0 aliphatic carbocycles. The molecule has 2 N–H and O–H groups in total. The number of pyridine rings is 1.